The van der Waals surface area contributed by atoms with Gasteiger partial charge in [-0.25, -0.2) is 0 Å². The summed E-state index contributed by atoms with van der Waals surface area (Å²) in [5, 5.41) is 21.9. The summed E-state index contributed by atoms with van der Waals surface area (Å²) in [6, 6.07) is 35.2. The zero-order valence-electron chi connectivity index (χ0n) is 22.4. The zero-order valence-corrected chi connectivity index (χ0v) is 23.3. The average Bonchev–Trinajstić information content (AvgIpc) is 2.97. The Bertz CT molecular complexity index is 1920. The highest BCUT2D eigenvalue weighted by Gasteiger charge is 2.12. The van der Waals surface area contributed by atoms with Gasteiger partial charge in [0.05, 0.1) is 0 Å². The van der Waals surface area contributed by atoms with Gasteiger partial charge < -0.3 is 24.3 Å². The van der Waals surface area contributed by atoms with Gasteiger partial charge in [-0.2, -0.15) is 0 Å². The zero-order chi connectivity index (χ0) is 28.9. The largest absolute Gasteiger partial charge is 0.508 e. The summed E-state index contributed by atoms with van der Waals surface area (Å²) in [5.74, 6) is 0.702. The topological polar surface area (TPSA) is 83.1 Å². The number of aromatic hydroxyl groups is 2. The molecular weight excluding hydrogens is 534 g/mol. The van der Waals surface area contributed by atoms with E-state index in [0.717, 1.165) is 28.5 Å². The molecule has 204 valence electrons. The molecule has 0 aliphatic carbocycles. The number of hydrogen-bond donors (Lipinski definition) is 2. The van der Waals surface area contributed by atoms with Crippen molar-refractivity contribution in [2.75, 3.05) is 11.9 Å². The maximum absolute atomic E-state index is 12.0. The molecule has 5 aromatic carbocycles. The van der Waals surface area contributed by atoms with Gasteiger partial charge >= 0.3 is 0 Å². The summed E-state index contributed by atoms with van der Waals surface area (Å²) < 4.78 is 11.4. The van der Waals surface area contributed by atoms with Crippen molar-refractivity contribution in [1.82, 2.24) is 0 Å². The van der Waals surface area contributed by atoms with Gasteiger partial charge in [-0.3, -0.25) is 4.79 Å². The van der Waals surface area contributed by atoms with Crippen LogP contribution in [-0.4, -0.2) is 22.4 Å². The fourth-order valence-corrected chi connectivity index (χ4v) is 4.54. The first-order valence-corrected chi connectivity index (χ1v) is 13.3. The average molecular weight is 562 g/mol. The minimum atomic E-state index is -0.349. The number of aryl methyl sites for hydroxylation is 1. The van der Waals surface area contributed by atoms with E-state index < -0.39 is 0 Å². The number of benzene rings is 5. The van der Waals surface area contributed by atoms with E-state index in [9.17, 15) is 15.0 Å². The molecule has 6 nitrogen and oxygen atoms in total. The third-order valence-electron chi connectivity index (χ3n) is 6.44. The molecule has 0 saturated heterocycles. The fraction of sp³-hybridized carbons (Fsp3) is 0.0588. The van der Waals surface area contributed by atoms with Gasteiger partial charge in [0, 0.05) is 36.5 Å². The molecule has 0 saturated carbocycles. The summed E-state index contributed by atoms with van der Waals surface area (Å²) in [4.78, 5) is 13.9. The molecule has 0 amide bonds. The van der Waals surface area contributed by atoms with Crippen molar-refractivity contribution in [3.8, 4) is 28.6 Å². The van der Waals surface area contributed by atoms with Crippen molar-refractivity contribution < 1.29 is 19.4 Å². The van der Waals surface area contributed by atoms with Crippen LogP contribution in [0.4, 0.5) is 5.69 Å². The summed E-state index contributed by atoms with van der Waals surface area (Å²) >= 11 is 5.41. The van der Waals surface area contributed by atoms with Gasteiger partial charge in [-0.05, 0) is 59.7 Å². The summed E-state index contributed by atoms with van der Waals surface area (Å²) in [5.41, 5.74) is 2.77. The number of hydrogen-bond acceptors (Lipinski definition) is 6. The lowest BCUT2D eigenvalue weighted by molar-refractivity contribution is 0.452. The predicted molar refractivity (Wildman–Crippen MR) is 168 cm³/mol. The van der Waals surface area contributed by atoms with Crippen LogP contribution in [0.1, 0.15) is 5.56 Å². The molecule has 0 unspecified atom stereocenters. The molecule has 6 aromatic rings. The number of anilines is 1. The van der Waals surface area contributed by atoms with Crippen molar-refractivity contribution in [2.45, 2.75) is 6.92 Å². The highest BCUT2D eigenvalue weighted by molar-refractivity contribution is 7.80. The van der Waals surface area contributed by atoms with Gasteiger partial charge in [0.25, 0.3) is 5.17 Å². The highest BCUT2D eigenvalue weighted by Crippen LogP contribution is 2.30. The Labute approximate surface area is 242 Å². The molecule has 0 aliphatic heterocycles. The minimum Gasteiger partial charge on any atom is -0.508 e. The van der Waals surface area contributed by atoms with Crippen LogP contribution < -0.4 is 15.1 Å². The molecule has 0 aliphatic rings. The van der Waals surface area contributed by atoms with Crippen LogP contribution in [0.3, 0.4) is 0 Å². The van der Waals surface area contributed by atoms with Crippen LogP contribution in [0.15, 0.2) is 124 Å². The molecule has 0 fully saturated rings. The van der Waals surface area contributed by atoms with Crippen molar-refractivity contribution in [3.63, 3.8) is 0 Å². The minimum absolute atomic E-state index is 0.0671. The lowest BCUT2D eigenvalue weighted by Gasteiger charge is -2.20. The second-order valence-corrected chi connectivity index (χ2v) is 9.80. The van der Waals surface area contributed by atoms with Crippen molar-refractivity contribution >= 4 is 44.8 Å². The number of rotatable bonds is 3. The van der Waals surface area contributed by atoms with Crippen LogP contribution in [0, 0.1) is 6.92 Å². The van der Waals surface area contributed by atoms with E-state index in [4.69, 9.17) is 21.4 Å². The smallest absolute Gasteiger partial charge is 0.269 e. The maximum atomic E-state index is 12.0. The molecular formula is C34H27NO5S. The lowest BCUT2D eigenvalue weighted by atomic mass is 10.1. The van der Waals surface area contributed by atoms with Crippen molar-refractivity contribution in [1.29, 1.82) is 0 Å². The quantitative estimate of drug-likeness (QED) is 0.213. The Morgan fingerprint density at radius 2 is 1.54 bits per heavy atom. The molecule has 1 aromatic heterocycles. The molecule has 0 spiro atoms. The van der Waals surface area contributed by atoms with E-state index in [0.29, 0.717) is 10.9 Å². The third kappa shape index (κ3) is 6.37. The van der Waals surface area contributed by atoms with Gasteiger partial charge in [0.2, 0.25) is 0 Å². The molecule has 6 rings (SSSR count). The second-order valence-electron chi connectivity index (χ2n) is 9.45. The number of nitrogens with zero attached hydrogens (tertiary/aromatic N) is 1. The molecule has 2 N–H and O–H groups in total. The molecule has 0 atom stereocenters. The molecule has 7 heteroatoms. The predicted octanol–water partition coefficient (Wildman–Crippen LogP) is 7.82. The van der Waals surface area contributed by atoms with E-state index in [2.05, 4.69) is 31.2 Å². The number of phenols is 2. The molecule has 0 radical (unpaired) electrons. The fourth-order valence-electron chi connectivity index (χ4n) is 4.34. The first kappa shape index (κ1) is 27.4. The van der Waals surface area contributed by atoms with Crippen LogP contribution in [-0.2, 0) is 0 Å². The molecule has 1 heterocycles. The highest BCUT2D eigenvalue weighted by atomic mass is 32.1. The summed E-state index contributed by atoms with van der Waals surface area (Å²) in [6.45, 7) is 2.06. The number of phenolic OH excluding ortho intramolecular Hbond substituents is 2. The monoisotopic (exact) mass is 561 g/mol. The Morgan fingerprint density at radius 3 is 2.29 bits per heavy atom. The van der Waals surface area contributed by atoms with E-state index in [1.165, 1.54) is 23.1 Å². The first-order chi connectivity index (χ1) is 19.8. The molecule has 0 bridgehead atoms. The summed E-state index contributed by atoms with van der Waals surface area (Å²) in [7, 11) is 1.91. The van der Waals surface area contributed by atoms with E-state index in [1.807, 2.05) is 84.7 Å². The van der Waals surface area contributed by atoms with E-state index >= 15 is 0 Å². The SMILES string of the molecule is Cc1cccc(N(C)C(=S)Oc2ccc3ccccc3c2)c1.O=c1cc(-c2ccccc2)oc2cc(O)cc(O)c12. The van der Waals surface area contributed by atoms with Crippen molar-refractivity contribution in [3.05, 3.63) is 131 Å². The van der Waals surface area contributed by atoms with E-state index in [-0.39, 0.29) is 27.9 Å². The third-order valence-corrected chi connectivity index (χ3v) is 6.80. The number of thiocarbonyl (C=S) groups is 1. The summed E-state index contributed by atoms with van der Waals surface area (Å²) in [6.07, 6.45) is 0. The van der Waals surface area contributed by atoms with Crippen LogP contribution in [0.2, 0.25) is 0 Å². The van der Waals surface area contributed by atoms with Crippen LogP contribution in [0.25, 0.3) is 33.1 Å². The normalized spacial score (nSPS) is 10.6. The standard InChI is InChI=1S/C19H17NOS.C15H10O4/c1-14-6-5-9-17(12-14)20(2)19(22)21-18-11-10-15-7-3-4-8-16(15)13-18;16-10-6-11(17)15-12(18)8-13(19-14(15)7-10)9-4-2-1-3-5-9/h3-13H,1-2H3;1-8,16-17H. The second kappa shape index (κ2) is 11.9. The van der Waals surface area contributed by atoms with Gasteiger partial charge in [0.15, 0.2) is 5.43 Å². The van der Waals surface area contributed by atoms with Crippen LogP contribution >= 0.6 is 12.2 Å². The Kier molecular flexibility index (Phi) is 7.99. The maximum Gasteiger partial charge on any atom is 0.269 e. The van der Waals surface area contributed by atoms with Gasteiger partial charge in [-0.1, -0.05) is 72.8 Å². The molecule has 41 heavy (non-hydrogen) atoms. The Morgan fingerprint density at radius 1 is 0.805 bits per heavy atom. The van der Waals surface area contributed by atoms with Gasteiger partial charge in [-0.15, -0.1) is 0 Å². The van der Waals surface area contributed by atoms with Crippen molar-refractivity contribution in [2.24, 2.45) is 0 Å². The number of fused-ring (bicyclic) bond motifs is 2. The van der Waals surface area contributed by atoms with E-state index in [1.54, 1.807) is 0 Å². The number of ether oxygens (including phenoxy) is 1. The Hall–Kier alpha value is -5.14. The lowest BCUT2D eigenvalue weighted by Crippen LogP contribution is -2.29. The van der Waals surface area contributed by atoms with Crippen LogP contribution in [0.5, 0.6) is 17.2 Å². The Balaban J connectivity index is 0.000000166. The first-order valence-electron chi connectivity index (χ1n) is 12.8. The van der Waals surface area contributed by atoms with Gasteiger partial charge in [0.1, 0.15) is 34.0 Å².